The lowest BCUT2D eigenvalue weighted by molar-refractivity contribution is -0.107. The van der Waals surface area contributed by atoms with Gasteiger partial charge >= 0.3 is 6.09 Å². The molecule has 0 aromatic carbocycles. The van der Waals surface area contributed by atoms with Crippen molar-refractivity contribution in [1.29, 1.82) is 0 Å². The molecule has 0 spiro atoms. The molecule has 2 aromatic heterocycles. The highest BCUT2D eigenvalue weighted by Crippen LogP contribution is 2.38. The molecule has 0 N–H and O–H groups in total. The standard InChI is InChI=1S/C21H28BrN5O3/c1-13-16(22)14(2)24-18-17(13)23-11-15(25(6)12-28)19(18)26-7-9-27(10-8-26)20(29)30-21(3,4)5/h11-12H,7-10H2,1-6H3. The zero-order valence-electron chi connectivity index (χ0n) is 18.3. The van der Waals surface area contributed by atoms with Crippen molar-refractivity contribution in [3.05, 3.63) is 21.9 Å². The smallest absolute Gasteiger partial charge is 0.410 e. The third kappa shape index (κ3) is 4.35. The fourth-order valence-corrected chi connectivity index (χ4v) is 3.80. The predicted molar refractivity (Wildman–Crippen MR) is 121 cm³/mol. The minimum atomic E-state index is -0.526. The van der Waals surface area contributed by atoms with Crippen molar-refractivity contribution in [2.75, 3.05) is 43.0 Å². The zero-order valence-corrected chi connectivity index (χ0v) is 19.9. The Balaban J connectivity index is 1.99. The normalized spacial score (nSPS) is 14.8. The van der Waals surface area contributed by atoms with Gasteiger partial charge in [-0.3, -0.25) is 9.78 Å². The van der Waals surface area contributed by atoms with Crippen LogP contribution in [-0.4, -0.2) is 66.2 Å². The van der Waals surface area contributed by atoms with E-state index in [1.54, 1.807) is 18.1 Å². The SMILES string of the molecule is Cc1nc2c(N3CCN(C(=O)OC(C)(C)C)CC3)c(N(C)C=O)cnc2c(C)c1Br. The molecule has 0 saturated carbocycles. The number of fused-ring (bicyclic) bond motifs is 1. The van der Waals surface area contributed by atoms with E-state index in [9.17, 15) is 9.59 Å². The van der Waals surface area contributed by atoms with Crippen molar-refractivity contribution < 1.29 is 14.3 Å². The maximum Gasteiger partial charge on any atom is 0.410 e. The molecule has 162 valence electrons. The van der Waals surface area contributed by atoms with Gasteiger partial charge in [0.25, 0.3) is 0 Å². The number of hydrogen-bond donors (Lipinski definition) is 0. The number of hydrogen-bond acceptors (Lipinski definition) is 6. The lowest BCUT2D eigenvalue weighted by atomic mass is 10.1. The molecule has 0 bridgehead atoms. The van der Waals surface area contributed by atoms with E-state index in [1.807, 2.05) is 34.6 Å². The van der Waals surface area contributed by atoms with Crippen LogP contribution < -0.4 is 9.80 Å². The third-order valence-corrected chi connectivity index (χ3v) is 6.24. The van der Waals surface area contributed by atoms with Gasteiger partial charge in [0.15, 0.2) is 0 Å². The molecule has 2 amide bonds. The number of ether oxygens (including phenoxy) is 1. The highest BCUT2D eigenvalue weighted by molar-refractivity contribution is 9.10. The van der Waals surface area contributed by atoms with Gasteiger partial charge < -0.3 is 19.4 Å². The molecule has 1 aliphatic rings. The molecule has 2 aromatic rings. The lowest BCUT2D eigenvalue weighted by Crippen LogP contribution is -2.50. The minimum absolute atomic E-state index is 0.305. The molecule has 0 unspecified atom stereocenters. The number of carbonyl (C=O) groups is 2. The highest BCUT2D eigenvalue weighted by atomic mass is 79.9. The van der Waals surface area contributed by atoms with E-state index < -0.39 is 5.60 Å². The van der Waals surface area contributed by atoms with Crippen LogP contribution in [0.1, 0.15) is 32.0 Å². The number of halogens is 1. The Kier molecular flexibility index (Phi) is 6.21. The second-order valence-corrected chi connectivity index (χ2v) is 9.29. The molecule has 1 fully saturated rings. The quantitative estimate of drug-likeness (QED) is 0.627. The summed E-state index contributed by atoms with van der Waals surface area (Å²) in [6.07, 6.45) is 2.17. The fourth-order valence-electron chi connectivity index (χ4n) is 3.52. The van der Waals surface area contributed by atoms with E-state index in [-0.39, 0.29) is 6.09 Å². The lowest BCUT2D eigenvalue weighted by Gasteiger charge is -2.38. The topological polar surface area (TPSA) is 78.9 Å². The number of rotatable bonds is 3. The van der Waals surface area contributed by atoms with Crippen LogP contribution in [0.3, 0.4) is 0 Å². The monoisotopic (exact) mass is 477 g/mol. The number of aromatic nitrogens is 2. The first kappa shape index (κ1) is 22.3. The minimum Gasteiger partial charge on any atom is -0.444 e. The number of piperazine rings is 1. The zero-order chi connectivity index (χ0) is 22.2. The van der Waals surface area contributed by atoms with Crippen molar-refractivity contribution in [2.45, 2.75) is 40.2 Å². The average Bonchev–Trinajstić information content (AvgIpc) is 2.69. The van der Waals surface area contributed by atoms with Crippen LogP contribution in [0.25, 0.3) is 11.0 Å². The summed E-state index contributed by atoms with van der Waals surface area (Å²) in [6, 6.07) is 0. The number of aryl methyl sites for hydroxylation is 2. The second kappa shape index (κ2) is 8.37. The Hall–Kier alpha value is -2.42. The van der Waals surface area contributed by atoms with Crippen molar-refractivity contribution in [3.63, 3.8) is 0 Å². The van der Waals surface area contributed by atoms with E-state index in [1.165, 1.54) is 4.90 Å². The molecule has 0 atom stereocenters. The first-order valence-corrected chi connectivity index (χ1v) is 10.7. The number of carbonyl (C=O) groups excluding carboxylic acids is 2. The molecule has 8 nitrogen and oxygen atoms in total. The summed E-state index contributed by atoms with van der Waals surface area (Å²) in [5.41, 5.74) is 4.44. The molecule has 30 heavy (non-hydrogen) atoms. The van der Waals surface area contributed by atoms with Gasteiger partial charge in [-0.2, -0.15) is 0 Å². The Morgan fingerprint density at radius 1 is 1.20 bits per heavy atom. The van der Waals surface area contributed by atoms with Crippen molar-refractivity contribution in [3.8, 4) is 0 Å². The number of anilines is 2. The summed E-state index contributed by atoms with van der Waals surface area (Å²) in [5.74, 6) is 0. The average molecular weight is 478 g/mol. The van der Waals surface area contributed by atoms with Gasteiger partial charge in [-0.25, -0.2) is 9.78 Å². The third-order valence-electron chi connectivity index (χ3n) is 5.07. The van der Waals surface area contributed by atoms with Crippen LogP contribution in [0.4, 0.5) is 16.2 Å². The first-order valence-electron chi connectivity index (χ1n) is 9.90. The highest BCUT2D eigenvalue weighted by Gasteiger charge is 2.29. The first-order chi connectivity index (χ1) is 14.0. The summed E-state index contributed by atoms with van der Waals surface area (Å²) in [5, 5.41) is 0. The van der Waals surface area contributed by atoms with Gasteiger partial charge in [0.1, 0.15) is 11.1 Å². The summed E-state index contributed by atoms with van der Waals surface area (Å²) in [4.78, 5) is 38.7. The van der Waals surface area contributed by atoms with Gasteiger partial charge in [0, 0.05) is 37.7 Å². The largest absolute Gasteiger partial charge is 0.444 e. The van der Waals surface area contributed by atoms with Crippen molar-refractivity contribution >= 4 is 50.8 Å². The Morgan fingerprint density at radius 3 is 2.40 bits per heavy atom. The molecule has 0 aliphatic carbocycles. The van der Waals surface area contributed by atoms with Gasteiger partial charge in [-0.1, -0.05) is 0 Å². The van der Waals surface area contributed by atoms with E-state index in [4.69, 9.17) is 9.72 Å². The Labute approximate surface area is 185 Å². The Bertz CT molecular complexity index is 981. The summed E-state index contributed by atoms with van der Waals surface area (Å²) < 4.78 is 6.43. The molecule has 1 aliphatic heterocycles. The number of amides is 2. The van der Waals surface area contributed by atoms with Crippen LogP contribution in [0.15, 0.2) is 10.7 Å². The van der Waals surface area contributed by atoms with E-state index in [0.717, 1.165) is 38.9 Å². The summed E-state index contributed by atoms with van der Waals surface area (Å²) in [6.45, 7) is 11.8. The van der Waals surface area contributed by atoms with Crippen LogP contribution in [-0.2, 0) is 9.53 Å². The number of pyridine rings is 2. The summed E-state index contributed by atoms with van der Waals surface area (Å²) >= 11 is 3.59. The molecule has 1 saturated heterocycles. The van der Waals surface area contributed by atoms with Gasteiger partial charge in [-0.05, 0) is 56.1 Å². The molecular weight excluding hydrogens is 450 g/mol. The predicted octanol–water partition coefficient (Wildman–Crippen LogP) is 3.66. The van der Waals surface area contributed by atoms with Crippen molar-refractivity contribution in [1.82, 2.24) is 14.9 Å². The molecular formula is C21H28BrN5O3. The maximum atomic E-state index is 12.4. The molecule has 0 radical (unpaired) electrons. The van der Waals surface area contributed by atoms with Gasteiger partial charge in [0.05, 0.1) is 28.8 Å². The van der Waals surface area contributed by atoms with E-state index in [2.05, 4.69) is 25.8 Å². The molecule has 9 heteroatoms. The maximum absolute atomic E-state index is 12.4. The van der Waals surface area contributed by atoms with Gasteiger partial charge in [-0.15, -0.1) is 0 Å². The van der Waals surface area contributed by atoms with E-state index >= 15 is 0 Å². The van der Waals surface area contributed by atoms with Gasteiger partial charge in [0.2, 0.25) is 6.41 Å². The van der Waals surface area contributed by atoms with Crippen LogP contribution in [0, 0.1) is 13.8 Å². The Morgan fingerprint density at radius 2 is 1.83 bits per heavy atom. The second-order valence-electron chi connectivity index (χ2n) is 8.50. The molecule has 3 rings (SSSR count). The van der Waals surface area contributed by atoms with Crippen LogP contribution in [0.5, 0.6) is 0 Å². The fraction of sp³-hybridized carbons (Fsp3) is 0.524. The number of nitrogens with zero attached hydrogens (tertiary/aromatic N) is 5. The van der Waals surface area contributed by atoms with Crippen molar-refractivity contribution in [2.24, 2.45) is 0 Å². The van der Waals surface area contributed by atoms with Crippen LogP contribution >= 0.6 is 15.9 Å². The summed E-state index contributed by atoms with van der Waals surface area (Å²) in [7, 11) is 1.70. The molecule has 3 heterocycles. The van der Waals surface area contributed by atoms with E-state index in [0.29, 0.717) is 31.9 Å². The van der Waals surface area contributed by atoms with Crippen LogP contribution in [0.2, 0.25) is 0 Å².